The minimum absolute atomic E-state index is 0.268. The second-order valence-electron chi connectivity index (χ2n) is 5.62. The lowest BCUT2D eigenvalue weighted by Crippen LogP contribution is -2.58. The zero-order valence-corrected chi connectivity index (χ0v) is 13.5. The summed E-state index contributed by atoms with van der Waals surface area (Å²) in [5, 5.41) is 5.44. The third-order valence-corrected chi connectivity index (χ3v) is 3.90. The van der Waals surface area contributed by atoms with Crippen molar-refractivity contribution in [1.82, 2.24) is 5.32 Å². The van der Waals surface area contributed by atoms with Gasteiger partial charge in [-0.1, -0.05) is 24.3 Å². The van der Waals surface area contributed by atoms with Gasteiger partial charge in [0.15, 0.2) is 0 Å². The predicted molar refractivity (Wildman–Crippen MR) is 88.9 cm³/mol. The molecule has 24 heavy (non-hydrogen) atoms. The molecule has 0 saturated heterocycles. The lowest BCUT2D eigenvalue weighted by Gasteiger charge is -2.33. The fraction of sp³-hybridized carbons (Fsp3) is 0.222. The van der Waals surface area contributed by atoms with Crippen LogP contribution in [-0.2, 0) is 16.1 Å². The fourth-order valence-electron chi connectivity index (χ4n) is 2.45. The van der Waals surface area contributed by atoms with Crippen LogP contribution in [-0.4, -0.2) is 24.5 Å². The van der Waals surface area contributed by atoms with E-state index in [1.807, 2.05) is 24.3 Å². The predicted octanol–water partition coefficient (Wildman–Crippen LogP) is 2.10. The largest absolute Gasteiger partial charge is 0.497 e. The minimum Gasteiger partial charge on any atom is -0.497 e. The molecule has 0 unspecified atom stereocenters. The number of fused-ring (bicyclic) bond motifs is 1. The molecule has 2 N–H and O–H groups in total. The average molecular weight is 326 g/mol. The highest BCUT2D eigenvalue weighted by Gasteiger charge is 2.47. The molecule has 6 heteroatoms. The van der Waals surface area contributed by atoms with Crippen LogP contribution in [0.15, 0.2) is 48.5 Å². The van der Waals surface area contributed by atoms with Crippen LogP contribution in [0.25, 0.3) is 0 Å². The van der Waals surface area contributed by atoms with Crippen molar-refractivity contribution in [3.8, 4) is 11.5 Å². The number of anilines is 1. The molecular formula is C18H18N2O4. The van der Waals surface area contributed by atoms with Gasteiger partial charge in [-0.15, -0.1) is 0 Å². The molecule has 1 aliphatic rings. The number of rotatable bonds is 4. The monoisotopic (exact) mass is 326 g/mol. The van der Waals surface area contributed by atoms with Gasteiger partial charge >= 0.3 is 0 Å². The van der Waals surface area contributed by atoms with Crippen LogP contribution in [0.5, 0.6) is 11.5 Å². The molecule has 2 aromatic carbocycles. The van der Waals surface area contributed by atoms with E-state index in [4.69, 9.17) is 9.47 Å². The summed E-state index contributed by atoms with van der Waals surface area (Å²) >= 11 is 0. The van der Waals surface area contributed by atoms with E-state index in [1.54, 1.807) is 31.4 Å². The van der Waals surface area contributed by atoms with Crippen molar-refractivity contribution in [2.75, 3.05) is 12.4 Å². The number of amides is 2. The van der Waals surface area contributed by atoms with E-state index in [0.717, 1.165) is 5.56 Å². The molecule has 0 aromatic heterocycles. The third-order valence-electron chi connectivity index (χ3n) is 3.90. The third kappa shape index (κ3) is 2.90. The van der Waals surface area contributed by atoms with Crippen molar-refractivity contribution < 1.29 is 19.1 Å². The maximum absolute atomic E-state index is 12.5. The summed E-state index contributed by atoms with van der Waals surface area (Å²) in [5.74, 6) is 0.173. The summed E-state index contributed by atoms with van der Waals surface area (Å²) in [6.07, 6.45) is 0. The van der Waals surface area contributed by atoms with Crippen molar-refractivity contribution in [3.05, 3.63) is 54.1 Å². The average Bonchev–Trinajstić information content (AvgIpc) is 2.60. The number of para-hydroxylation sites is 2. The normalized spacial score (nSPS) is 18.8. The van der Waals surface area contributed by atoms with E-state index < -0.39 is 17.4 Å². The molecule has 0 aliphatic carbocycles. The Kier molecular flexibility index (Phi) is 4.12. The van der Waals surface area contributed by atoms with Crippen molar-refractivity contribution in [1.29, 1.82) is 0 Å². The van der Waals surface area contributed by atoms with Crippen molar-refractivity contribution >= 4 is 17.5 Å². The van der Waals surface area contributed by atoms with Gasteiger partial charge < -0.3 is 20.1 Å². The van der Waals surface area contributed by atoms with E-state index >= 15 is 0 Å². The van der Waals surface area contributed by atoms with Crippen molar-refractivity contribution in [2.45, 2.75) is 19.1 Å². The van der Waals surface area contributed by atoms with E-state index in [1.165, 1.54) is 6.92 Å². The summed E-state index contributed by atoms with van der Waals surface area (Å²) < 4.78 is 10.8. The van der Waals surface area contributed by atoms with Crippen LogP contribution in [0.4, 0.5) is 5.69 Å². The van der Waals surface area contributed by atoms with Gasteiger partial charge in [0.1, 0.15) is 11.5 Å². The smallest absolute Gasteiger partial charge is 0.278 e. The number of nitrogens with one attached hydrogen (secondary N) is 2. The molecule has 0 spiro atoms. The van der Waals surface area contributed by atoms with Crippen LogP contribution >= 0.6 is 0 Å². The molecule has 0 bridgehead atoms. The van der Waals surface area contributed by atoms with Crippen LogP contribution in [0.1, 0.15) is 12.5 Å². The number of benzene rings is 2. The Balaban J connectivity index is 1.73. The lowest BCUT2D eigenvalue weighted by atomic mass is 10.0. The van der Waals surface area contributed by atoms with Crippen LogP contribution in [0.3, 0.4) is 0 Å². The second-order valence-corrected chi connectivity index (χ2v) is 5.62. The minimum atomic E-state index is -1.62. The lowest BCUT2D eigenvalue weighted by molar-refractivity contribution is -0.146. The number of ether oxygens (including phenoxy) is 2. The van der Waals surface area contributed by atoms with Gasteiger partial charge in [-0.2, -0.15) is 0 Å². The van der Waals surface area contributed by atoms with Gasteiger partial charge in [0, 0.05) is 6.54 Å². The Hall–Kier alpha value is -3.02. The maximum Gasteiger partial charge on any atom is 0.278 e. The maximum atomic E-state index is 12.5. The topological polar surface area (TPSA) is 76.7 Å². The Morgan fingerprint density at radius 1 is 1.25 bits per heavy atom. The second kappa shape index (κ2) is 6.23. The quantitative estimate of drug-likeness (QED) is 0.844. The number of hydrogen-bond acceptors (Lipinski definition) is 4. The summed E-state index contributed by atoms with van der Waals surface area (Å²) in [7, 11) is 1.58. The number of methoxy groups -OCH3 is 1. The van der Waals surface area contributed by atoms with E-state index in [-0.39, 0.29) is 6.54 Å². The summed E-state index contributed by atoms with van der Waals surface area (Å²) in [6, 6.07) is 14.3. The summed E-state index contributed by atoms with van der Waals surface area (Å²) in [6.45, 7) is 1.73. The number of carbonyl (C=O) groups is 2. The molecule has 3 rings (SSSR count). The summed E-state index contributed by atoms with van der Waals surface area (Å²) in [5.41, 5.74) is -0.198. The van der Waals surface area contributed by atoms with Crippen LogP contribution < -0.4 is 20.1 Å². The van der Waals surface area contributed by atoms with Gasteiger partial charge in [-0.05, 0) is 36.8 Å². The van der Waals surface area contributed by atoms with Gasteiger partial charge in [-0.3, -0.25) is 9.59 Å². The summed E-state index contributed by atoms with van der Waals surface area (Å²) in [4.78, 5) is 24.9. The van der Waals surface area contributed by atoms with Crippen molar-refractivity contribution in [3.63, 3.8) is 0 Å². The highest BCUT2D eigenvalue weighted by atomic mass is 16.5. The number of hydrogen-bond donors (Lipinski definition) is 2. The molecule has 2 amide bonds. The molecule has 1 atom stereocenters. The molecule has 1 heterocycles. The van der Waals surface area contributed by atoms with Crippen LogP contribution in [0, 0.1) is 0 Å². The highest BCUT2D eigenvalue weighted by molar-refractivity contribution is 6.15. The molecule has 1 aliphatic heterocycles. The molecule has 124 valence electrons. The van der Waals surface area contributed by atoms with Gasteiger partial charge in [0.25, 0.3) is 17.4 Å². The SMILES string of the molecule is COc1cccc(CNC(=O)[C@]2(C)Oc3ccccc3NC2=O)c1. The molecule has 6 nitrogen and oxygen atoms in total. The van der Waals surface area contributed by atoms with Gasteiger partial charge in [0.05, 0.1) is 12.8 Å². The number of carbonyl (C=O) groups excluding carboxylic acids is 2. The Morgan fingerprint density at radius 3 is 2.83 bits per heavy atom. The Labute approximate surface area is 139 Å². The van der Waals surface area contributed by atoms with Crippen LogP contribution in [0.2, 0.25) is 0 Å². The highest BCUT2D eigenvalue weighted by Crippen LogP contribution is 2.33. The first kappa shape index (κ1) is 15.9. The molecule has 0 fully saturated rings. The van der Waals surface area contributed by atoms with E-state index in [2.05, 4.69) is 10.6 Å². The Morgan fingerprint density at radius 2 is 2.04 bits per heavy atom. The first-order valence-corrected chi connectivity index (χ1v) is 7.53. The molecule has 0 saturated carbocycles. The zero-order chi connectivity index (χ0) is 17.2. The molecule has 2 aromatic rings. The molecule has 0 radical (unpaired) electrons. The van der Waals surface area contributed by atoms with Gasteiger partial charge in [0.2, 0.25) is 0 Å². The Bertz CT molecular complexity index is 790. The first-order chi connectivity index (χ1) is 11.5. The fourth-order valence-corrected chi connectivity index (χ4v) is 2.45. The van der Waals surface area contributed by atoms with E-state index in [9.17, 15) is 9.59 Å². The van der Waals surface area contributed by atoms with E-state index in [0.29, 0.717) is 17.2 Å². The standard InChI is InChI=1S/C18H18N2O4/c1-18(17(22)20-14-8-3-4-9-15(14)24-18)16(21)19-11-12-6-5-7-13(10-12)23-2/h3-10H,11H2,1-2H3,(H,19,21)(H,20,22)/t18-/m0/s1. The zero-order valence-electron chi connectivity index (χ0n) is 13.5. The van der Waals surface area contributed by atoms with Gasteiger partial charge in [-0.25, -0.2) is 0 Å². The molecular weight excluding hydrogens is 308 g/mol. The van der Waals surface area contributed by atoms with Crippen molar-refractivity contribution in [2.24, 2.45) is 0 Å². The first-order valence-electron chi connectivity index (χ1n) is 7.53.